The molecule has 4 saturated carbocycles. The number of esters is 1. The second kappa shape index (κ2) is 6.50. The highest BCUT2D eigenvalue weighted by Gasteiger charge is 2.83. The number of hydrogen-bond donors (Lipinski definition) is 0. The zero-order valence-electron chi connectivity index (χ0n) is 18.6. The molecule has 166 valence electrons. The van der Waals surface area contributed by atoms with E-state index < -0.39 is 9.93 Å². The van der Waals surface area contributed by atoms with Gasteiger partial charge in [-0.1, -0.05) is 55.6 Å². The monoisotopic (exact) mass is 452 g/mol. The second-order valence-corrected chi connectivity index (χ2v) is 12.6. The SMILES string of the molecule is CCC(=O)OC12CCC3(C)C(=CCC4C3CCC3(C)C(C(C)=O)CCC43)C1C2(Cl)Cl. The standard InChI is InChI=1S/C25H34Cl2O3/c1-5-20(29)30-24-13-12-23(4)18-10-11-22(3)16(14(2)28)8-9-17(22)15(18)6-7-19(23)21(24)25(24,26)27/h7,15-18,21H,5-6,8-13H2,1-4H3. The minimum atomic E-state index is -1.01. The first-order valence-electron chi connectivity index (χ1n) is 11.8. The molecule has 8 unspecified atom stereocenters. The van der Waals surface area contributed by atoms with Gasteiger partial charge in [-0.15, -0.1) is 0 Å². The topological polar surface area (TPSA) is 43.4 Å². The van der Waals surface area contributed by atoms with Crippen LogP contribution in [0.5, 0.6) is 0 Å². The molecule has 0 spiro atoms. The highest BCUT2D eigenvalue weighted by molar-refractivity contribution is 6.53. The van der Waals surface area contributed by atoms with Crippen LogP contribution in [0.15, 0.2) is 11.6 Å². The van der Waals surface area contributed by atoms with E-state index in [1.54, 1.807) is 6.92 Å². The number of rotatable bonds is 3. The van der Waals surface area contributed by atoms with E-state index in [-0.39, 0.29) is 28.6 Å². The number of halogens is 2. The molecule has 4 fully saturated rings. The molecule has 0 saturated heterocycles. The van der Waals surface area contributed by atoms with Gasteiger partial charge >= 0.3 is 5.97 Å². The molecule has 0 aromatic rings. The lowest BCUT2D eigenvalue weighted by Crippen LogP contribution is -2.51. The Morgan fingerprint density at radius 3 is 2.50 bits per heavy atom. The maximum Gasteiger partial charge on any atom is 0.306 e. The van der Waals surface area contributed by atoms with Crippen molar-refractivity contribution >= 4 is 35.0 Å². The summed E-state index contributed by atoms with van der Waals surface area (Å²) < 4.78 is 4.88. The molecule has 3 nitrogen and oxygen atoms in total. The summed E-state index contributed by atoms with van der Waals surface area (Å²) in [5, 5.41) is 0. The first kappa shape index (κ1) is 21.3. The third-order valence-electron chi connectivity index (χ3n) is 10.2. The summed E-state index contributed by atoms with van der Waals surface area (Å²) in [6.45, 7) is 8.39. The van der Waals surface area contributed by atoms with Gasteiger partial charge in [0.2, 0.25) is 0 Å². The lowest BCUT2D eigenvalue weighted by molar-refractivity contribution is -0.154. The molecule has 0 N–H and O–H groups in total. The minimum Gasteiger partial charge on any atom is -0.455 e. The summed E-state index contributed by atoms with van der Waals surface area (Å²) in [5.41, 5.74) is 0.828. The van der Waals surface area contributed by atoms with Crippen molar-refractivity contribution in [3.05, 3.63) is 11.6 Å². The molecule has 5 aliphatic rings. The van der Waals surface area contributed by atoms with E-state index in [9.17, 15) is 9.59 Å². The van der Waals surface area contributed by atoms with Crippen LogP contribution >= 0.6 is 23.2 Å². The van der Waals surface area contributed by atoms with Gasteiger partial charge in [-0.25, -0.2) is 0 Å². The first-order valence-corrected chi connectivity index (χ1v) is 12.6. The maximum atomic E-state index is 12.3. The van der Waals surface area contributed by atoms with E-state index in [1.807, 2.05) is 6.92 Å². The molecule has 0 heterocycles. The summed E-state index contributed by atoms with van der Waals surface area (Å²) in [6.07, 6.45) is 10.0. The van der Waals surface area contributed by atoms with Crippen molar-refractivity contribution in [3.8, 4) is 0 Å². The zero-order valence-corrected chi connectivity index (χ0v) is 20.1. The lowest BCUT2D eigenvalue weighted by Gasteiger charge is -2.57. The van der Waals surface area contributed by atoms with E-state index in [1.165, 1.54) is 18.4 Å². The predicted octanol–water partition coefficient (Wildman–Crippen LogP) is 6.26. The summed E-state index contributed by atoms with van der Waals surface area (Å²) in [7, 11) is 0. The lowest BCUT2D eigenvalue weighted by atomic mass is 9.47. The quantitative estimate of drug-likeness (QED) is 0.288. The molecule has 0 aromatic heterocycles. The van der Waals surface area contributed by atoms with Gasteiger partial charge in [0.05, 0.1) is 5.92 Å². The second-order valence-electron chi connectivity index (χ2n) is 11.2. The third-order valence-corrected chi connectivity index (χ3v) is 11.3. The Hall–Kier alpha value is -0.540. The van der Waals surface area contributed by atoms with Crippen LogP contribution in [0.1, 0.15) is 79.1 Å². The van der Waals surface area contributed by atoms with Crippen LogP contribution in [-0.2, 0) is 14.3 Å². The highest BCUT2D eigenvalue weighted by atomic mass is 35.5. The van der Waals surface area contributed by atoms with Gasteiger partial charge in [0.1, 0.15) is 5.78 Å². The molecule has 0 amide bonds. The van der Waals surface area contributed by atoms with Gasteiger partial charge in [0, 0.05) is 12.3 Å². The molecule has 5 heteroatoms. The molecular weight excluding hydrogens is 419 g/mol. The van der Waals surface area contributed by atoms with Crippen molar-refractivity contribution in [2.24, 2.45) is 40.4 Å². The number of hydrogen-bond acceptors (Lipinski definition) is 3. The Labute approximate surface area is 190 Å². The number of fused-ring (bicyclic) bond motifs is 7. The van der Waals surface area contributed by atoms with Crippen molar-refractivity contribution in [1.82, 2.24) is 0 Å². The van der Waals surface area contributed by atoms with E-state index in [0.717, 1.165) is 32.1 Å². The van der Waals surface area contributed by atoms with Gasteiger partial charge in [-0.2, -0.15) is 0 Å². The Bertz CT molecular complexity index is 834. The molecule has 0 aliphatic heterocycles. The zero-order chi connectivity index (χ0) is 21.7. The number of carbonyl (C=O) groups is 2. The summed E-state index contributed by atoms with van der Waals surface area (Å²) >= 11 is 13.6. The van der Waals surface area contributed by atoms with E-state index >= 15 is 0 Å². The number of allylic oxidation sites excluding steroid dienone is 1. The predicted molar refractivity (Wildman–Crippen MR) is 118 cm³/mol. The van der Waals surface area contributed by atoms with E-state index in [2.05, 4.69) is 19.9 Å². The van der Waals surface area contributed by atoms with Gasteiger partial charge < -0.3 is 4.74 Å². The van der Waals surface area contributed by atoms with Gasteiger partial charge in [-0.3, -0.25) is 9.59 Å². The van der Waals surface area contributed by atoms with E-state index in [0.29, 0.717) is 30.0 Å². The Balaban J connectivity index is 1.47. The van der Waals surface area contributed by atoms with Crippen molar-refractivity contribution in [3.63, 3.8) is 0 Å². The molecule has 0 radical (unpaired) electrons. The number of alkyl halides is 2. The number of ketones is 1. The Morgan fingerprint density at radius 2 is 1.83 bits per heavy atom. The molecule has 0 bridgehead atoms. The third kappa shape index (κ3) is 2.46. The smallest absolute Gasteiger partial charge is 0.306 e. The summed E-state index contributed by atoms with van der Waals surface area (Å²) in [5.74, 6) is 2.18. The summed E-state index contributed by atoms with van der Waals surface area (Å²) in [4.78, 5) is 24.5. The minimum absolute atomic E-state index is 0.0663. The van der Waals surface area contributed by atoms with Gasteiger partial charge in [0.15, 0.2) is 9.93 Å². The maximum absolute atomic E-state index is 12.3. The van der Waals surface area contributed by atoms with Crippen LogP contribution in [0, 0.1) is 40.4 Å². The van der Waals surface area contributed by atoms with Crippen LogP contribution < -0.4 is 0 Å². The van der Waals surface area contributed by atoms with Crippen LogP contribution in [0.3, 0.4) is 0 Å². The molecule has 0 aromatic carbocycles. The van der Waals surface area contributed by atoms with Crippen molar-refractivity contribution in [2.75, 3.05) is 0 Å². The van der Waals surface area contributed by atoms with Crippen LogP contribution in [0.25, 0.3) is 0 Å². The number of carbonyl (C=O) groups excluding carboxylic acids is 2. The highest BCUT2D eigenvalue weighted by Crippen LogP contribution is 2.78. The van der Waals surface area contributed by atoms with E-state index in [4.69, 9.17) is 27.9 Å². The number of Topliss-reactive ketones (excluding diaryl/α,β-unsaturated/α-hetero) is 1. The van der Waals surface area contributed by atoms with Gasteiger partial charge in [-0.05, 0) is 80.5 Å². The normalized spacial score (nSPS) is 50.3. The van der Waals surface area contributed by atoms with Gasteiger partial charge in [0.25, 0.3) is 0 Å². The molecule has 5 rings (SSSR count). The molecule has 5 aliphatic carbocycles. The fraction of sp³-hybridized carbons (Fsp3) is 0.840. The van der Waals surface area contributed by atoms with Crippen molar-refractivity contribution < 1.29 is 14.3 Å². The molecule has 8 atom stereocenters. The number of ether oxygens (including phenoxy) is 1. The van der Waals surface area contributed by atoms with Crippen LogP contribution in [0.2, 0.25) is 0 Å². The fourth-order valence-electron chi connectivity index (χ4n) is 8.65. The largest absolute Gasteiger partial charge is 0.455 e. The van der Waals surface area contributed by atoms with Crippen molar-refractivity contribution in [1.29, 1.82) is 0 Å². The van der Waals surface area contributed by atoms with Crippen LogP contribution in [-0.4, -0.2) is 21.7 Å². The Kier molecular flexibility index (Phi) is 4.62. The molecule has 30 heavy (non-hydrogen) atoms. The fourth-order valence-corrected chi connectivity index (χ4v) is 9.62. The first-order chi connectivity index (χ1) is 14.0. The van der Waals surface area contributed by atoms with Crippen LogP contribution in [0.4, 0.5) is 0 Å². The average Bonchev–Trinajstić information content (AvgIpc) is 2.97. The summed E-state index contributed by atoms with van der Waals surface area (Å²) in [6, 6.07) is 0. The molecular formula is C25H34Cl2O3. The Morgan fingerprint density at radius 1 is 1.10 bits per heavy atom. The van der Waals surface area contributed by atoms with Crippen molar-refractivity contribution in [2.45, 2.75) is 89.0 Å². The average molecular weight is 453 g/mol.